The molecule has 0 spiro atoms. The van der Waals surface area contributed by atoms with Crippen molar-refractivity contribution in [3.63, 3.8) is 0 Å². The van der Waals surface area contributed by atoms with Crippen LogP contribution in [0.3, 0.4) is 0 Å². The van der Waals surface area contributed by atoms with Gasteiger partial charge < -0.3 is 20.9 Å². The van der Waals surface area contributed by atoms with Gasteiger partial charge in [-0.05, 0) is 12.1 Å². The Bertz CT molecular complexity index is 425. The molecule has 0 aliphatic carbocycles. The van der Waals surface area contributed by atoms with Gasteiger partial charge in [-0.1, -0.05) is 0 Å². The van der Waals surface area contributed by atoms with Crippen molar-refractivity contribution in [3.05, 3.63) is 23.8 Å². The summed E-state index contributed by atoms with van der Waals surface area (Å²) >= 11 is 0. The Balaban J connectivity index is 1.80. The fourth-order valence-corrected chi connectivity index (χ4v) is 2.02. The number of nitrogen functional groups attached to an aromatic ring is 1. The van der Waals surface area contributed by atoms with Crippen molar-refractivity contribution in [2.45, 2.75) is 0 Å². The summed E-state index contributed by atoms with van der Waals surface area (Å²) in [5.74, 6) is -0.228. The molecule has 1 saturated heterocycles. The average Bonchev–Trinajstić information content (AvgIpc) is 2.38. The quantitative estimate of drug-likeness (QED) is 0.669. The lowest BCUT2D eigenvalue weighted by atomic mass is 10.2. The maximum absolute atomic E-state index is 11.9. The predicted molar refractivity (Wildman–Crippen MR) is 72.1 cm³/mol. The molecular weight excluding hydrogens is 246 g/mol. The van der Waals surface area contributed by atoms with Crippen LogP contribution in [0, 0.1) is 0 Å². The van der Waals surface area contributed by atoms with Gasteiger partial charge in [-0.25, -0.2) is 0 Å². The molecule has 1 aliphatic heterocycles. The van der Waals surface area contributed by atoms with E-state index in [0.29, 0.717) is 17.8 Å². The van der Waals surface area contributed by atoms with E-state index in [0.717, 1.165) is 32.8 Å². The highest BCUT2D eigenvalue weighted by atomic mass is 16.5. The van der Waals surface area contributed by atoms with Crippen LogP contribution < -0.4 is 11.1 Å². The minimum atomic E-state index is -0.226. The maximum atomic E-state index is 11.9. The number of anilines is 1. The third kappa shape index (κ3) is 4.11. The monoisotopic (exact) mass is 265 g/mol. The number of carbonyl (C=O) groups is 1. The van der Waals surface area contributed by atoms with Gasteiger partial charge in [0.05, 0.1) is 13.2 Å². The first-order valence-corrected chi connectivity index (χ1v) is 6.33. The van der Waals surface area contributed by atoms with Crippen LogP contribution >= 0.6 is 0 Å². The summed E-state index contributed by atoms with van der Waals surface area (Å²) in [5.41, 5.74) is 6.33. The number of nitrogens with one attached hydrogen (secondary N) is 1. The van der Waals surface area contributed by atoms with Crippen LogP contribution in [0.5, 0.6) is 5.75 Å². The molecule has 6 nitrogen and oxygen atoms in total. The molecule has 1 aliphatic rings. The number of benzene rings is 1. The molecule has 0 saturated carbocycles. The summed E-state index contributed by atoms with van der Waals surface area (Å²) in [4.78, 5) is 14.1. The number of rotatable bonds is 4. The molecule has 0 atom stereocenters. The largest absolute Gasteiger partial charge is 0.508 e. The first-order valence-electron chi connectivity index (χ1n) is 6.33. The fraction of sp³-hybridized carbons (Fsp3) is 0.462. The molecule has 19 heavy (non-hydrogen) atoms. The van der Waals surface area contributed by atoms with Crippen molar-refractivity contribution in [2.24, 2.45) is 0 Å². The molecular formula is C13H19N3O3. The average molecular weight is 265 g/mol. The summed E-state index contributed by atoms with van der Waals surface area (Å²) in [6.45, 7) is 4.65. The number of carbonyl (C=O) groups excluding carboxylic acids is 1. The zero-order valence-corrected chi connectivity index (χ0v) is 10.8. The summed E-state index contributed by atoms with van der Waals surface area (Å²) in [5, 5.41) is 12.2. The van der Waals surface area contributed by atoms with Crippen LogP contribution in [0.2, 0.25) is 0 Å². The van der Waals surface area contributed by atoms with E-state index in [2.05, 4.69) is 10.2 Å². The van der Waals surface area contributed by atoms with Crippen LogP contribution in [0.25, 0.3) is 0 Å². The summed E-state index contributed by atoms with van der Waals surface area (Å²) in [7, 11) is 0. The molecule has 1 amide bonds. The number of amides is 1. The molecule has 1 heterocycles. The van der Waals surface area contributed by atoms with Crippen molar-refractivity contribution in [2.75, 3.05) is 45.1 Å². The van der Waals surface area contributed by atoms with Crippen LogP contribution in [0.4, 0.5) is 5.69 Å². The Morgan fingerprint density at radius 1 is 1.37 bits per heavy atom. The van der Waals surface area contributed by atoms with Crippen LogP contribution in [0.15, 0.2) is 18.2 Å². The standard InChI is InChI=1S/C13H19N3O3/c14-11-7-10(8-12(17)9-11)13(18)15-1-2-16-3-5-19-6-4-16/h7-9,17H,1-6,14H2,(H,15,18). The molecule has 2 rings (SSSR count). The lowest BCUT2D eigenvalue weighted by Gasteiger charge is -2.26. The van der Waals surface area contributed by atoms with Gasteiger partial charge in [-0.15, -0.1) is 0 Å². The Morgan fingerprint density at radius 2 is 2.11 bits per heavy atom. The number of nitrogens with zero attached hydrogens (tertiary/aromatic N) is 1. The number of hydrogen-bond acceptors (Lipinski definition) is 5. The Labute approximate surface area is 112 Å². The number of hydrogen-bond donors (Lipinski definition) is 3. The normalized spacial score (nSPS) is 16.2. The van der Waals surface area contributed by atoms with Crippen LogP contribution in [0.1, 0.15) is 10.4 Å². The van der Waals surface area contributed by atoms with Crippen LogP contribution in [-0.4, -0.2) is 55.3 Å². The SMILES string of the molecule is Nc1cc(O)cc(C(=O)NCCN2CCOCC2)c1. The molecule has 0 bridgehead atoms. The van der Waals surface area contributed by atoms with Gasteiger partial charge in [-0.2, -0.15) is 0 Å². The highest BCUT2D eigenvalue weighted by molar-refractivity contribution is 5.95. The third-order valence-corrected chi connectivity index (χ3v) is 3.02. The zero-order chi connectivity index (χ0) is 13.7. The van der Waals surface area contributed by atoms with Gasteiger partial charge >= 0.3 is 0 Å². The molecule has 104 valence electrons. The van der Waals surface area contributed by atoms with Crippen molar-refractivity contribution in [1.29, 1.82) is 0 Å². The van der Waals surface area contributed by atoms with Gasteiger partial charge in [0.2, 0.25) is 0 Å². The van der Waals surface area contributed by atoms with Gasteiger partial charge in [-0.3, -0.25) is 9.69 Å². The van der Waals surface area contributed by atoms with E-state index < -0.39 is 0 Å². The van der Waals surface area contributed by atoms with E-state index in [9.17, 15) is 9.90 Å². The van der Waals surface area contributed by atoms with Gasteiger partial charge in [0, 0.05) is 43.5 Å². The highest BCUT2D eigenvalue weighted by Gasteiger charge is 2.11. The molecule has 0 unspecified atom stereocenters. The van der Waals surface area contributed by atoms with E-state index in [1.54, 1.807) is 6.07 Å². The molecule has 6 heteroatoms. The Hall–Kier alpha value is -1.79. The highest BCUT2D eigenvalue weighted by Crippen LogP contribution is 2.16. The molecule has 0 radical (unpaired) electrons. The van der Waals surface area contributed by atoms with Crippen molar-refractivity contribution < 1.29 is 14.6 Å². The van der Waals surface area contributed by atoms with Crippen LogP contribution in [-0.2, 0) is 4.74 Å². The van der Waals surface area contributed by atoms with E-state index in [1.807, 2.05) is 0 Å². The third-order valence-electron chi connectivity index (χ3n) is 3.02. The molecule has 1 aromatic rings. The number of aromatic hydroxyl groups is 1. The minimum Gasteiger partial charge on any atom is -0.508 e. The lowest BCUT2D eigenvalue weighted by Crippen LogP contribution is -2.41. The summed E-state index contributed by atoms with van der Waals surface area (Å²) < 4.78 is 5.25. The van der Waals surface area contributed by atoms with Crippen molar-refractivity contribution >= 4 is 11.6 Å². The van der Waals surface area contributed by atoms with Gasteiger partial charge in [0.25, 0.3) is 5.91 Å². The fourth-order valence-electron chi connectivity index (χ4n) is 2.02. The van der Waals surface area contributed by atoms with Crippen molar-refractivity contribution in [3.8, 4) is 5.75 Å². The first-order chi connectivity index (χ1) is 9.15. The molecule has 4 N–H and O–H groups in total. The summed E-state index contributed by atoms with van der Waals surface area (Å²) in [6, 6.07) is 4.36. The van der Waals surface area contributed by atoms with E-state index >= 15 is 0 Å². The Morgan fingerprint density at radius 3 is 2.79 bits per heavy atom. The second-order valence-electron chi connectivity index (χ2n) is 4.52. The second kappa shape index (κ2) is 6.40. The van der Waals surface area contributed by atoms with E-state index in [4.69, 9.17) is 10.5 Å². The molecule has 1 aromatic carbocycles. The van der Waals surface area contributed by atoms with E-state index in [1.165, 1.54) is 12.1 Å². The smallest absolute Gasteiger partial charge is 0.251 e. The summed E-state index contributed by atoms with van der Waals surface area (Å²) in [6.07, 6.45) is 0. The van der Waals surface area contributed by atoms with Gasteiger partial charge in [0.1, 0.15) is 5.75 Å². The Kier molecular flexibility index (Phi) is 4.59. The number of morpholine rings is 1. The van der Waals surface area contributed by atoms with E-state index in [-0.39, 0.29) is 11.7 Å². The number of nitrogens with two attached hydrogens (primary N) is 1. The van der Waals surface area contributed by atoms with Crippen molar-refractivity contribution in [1.82, 2.24) is 10.2 Å². The number of phenolic OH excluding ortho intramolecular Hbond substituents is 1. The lowest BCUT2D eigenvalue weighted by molar-refractivity contribution is 0.0383. The minimum absolute atomic E-state index is 0.00155. The first kappa shape index (κ1) is 13.6. The number of ether oxygens (including phenoxy) is 1. The molecule has 0 aromatic heterocycles. The topological polar surface area (TPSA) is 87.8 Å². The molecule has 1 fully saturated rings. The predicted octanol–water partition coefficient (Wildman–Crippen LogP) is 0.0364. The second-order valence-corrected chi connectivity index (χ2v) is 4.52. The maximum Gasteiger partial charge on any atom is 0.251 e. The van der Waals surface area contributed by atoms with Gasteiger partial charge in [0.15, 0.2) is 0 Å². The number of phenols is 1. The zero-order valence-electron chi connectivity index (χ0n) is 10.8.